The first-order valence-electron chi connectivity index (χ1n) is 3.97. The number of nitrogens with two attached hydrogens (primary N) is 1. The minimum absolute atomic E-state index is 0.182. The summed E-state index contributed by atoms with van der Waals surface area (Å²) in [7, 11) is 1.31. The van der Waals surface area contributed by atoms with E-state index in [0.717, 1.165) is 0 Å². The van der Waals surface area contributed by atoms with Gasteiger partial charge in [0.1, 0.15) is 0 Å². The lowest BCUT2D eigenvalue weighted by atomic mass is 10.3. The van der Waals surface area contributed by atoms with Crippen molar-refractivity contribution in [2.75, 3.05) is 7.11 Å². The largest absolute Gasteiger partial charge is 0.465 e. The maximum atomic E-state index is 10.9. The molecular weight excluding hydrogens is 168 g/mol. The standard InChI is InChI=1S/C9H16N2O2/c1-7(2)11(10)6-5-8(3)9(12)13-4/h5-7H,3,10H2,1-2,4H3/b6-5-. The second-order valence-corrected chi connectivity index (χ2v) is 2.87. The smallest absolute Gasteiger partial charge is 0.337 e. The molecule has 0 fully saturated rings. The third-order valence-electron chi connectivity index (χ3n) is 1.49. The van der Waals surface area contributed by atoms with Gasteiger partial charge in [-0.1, -0.05) is 6.58 Å². The van der Waals surface area contributed by atoms with Gasteiger partial charge in [-0.05, 0) is 19.9 Å². The highest BCUT2D eigenvalue weighted by Gasteiger charge is 2.02. The summed E-state index contributed by atoms with van der Waals surface area (Å²) in [5.74, 6) is 5.11. The van der Waals surface area contributed by atoms with E-state index >= 15 is 0 Å². The van der Waals surface area contributed by atoms with Crippen LogP contribution in [0.1, 0.15) is 13.8 Å². The highest BCUT2D eigenvalue weighted by atomic mass is 16.5. The Morgan fingerprint density at radius 2 is 2.15 bits per heavy atom. The summed E-state index contributed by atoms with van der Waals surface area (Å²) < 4.78 is 4.46. The molecule has 13 heavy (non-hydrogen) atoms. The molecule has 4 heteroatoms. The number of hydrogen-bond donors (Lipinski definition) is 1. The molecule has 0 radical (unpaired) electrons. The molecule has 0 saturated heterocycles. The van der Waals surface area contributed by atoms with E-state index in [4.69, 9.17) is 5.84 Å². The quantitative estimate of drug-likeness (QED) is 0.231. The van der Waals surface area contributed by atoms with E-state index < -0.39 is 5.97 Å². The van der Waals surface area contributed by atoms with Crippen molar-refractivity contribution in [3.63, 3.8) is 0 Å². The van der Waals surface area contributed by atoms with E-state index in [9.17, 15) is 4.79 Å². The zero-order valence-electron chi connectivity index (χ0n) is 8.28. The predicted molar refractivity (Wildman–Crippen MR) is 51.5 cm³/mol. The minimum atomic E-state index is -0.451. The molecule has 74 valence electrons. The lowest BCUT2D eigenvalue weighted by molar-refractivity contribution is -0.135. The number of carbonyl (C=O) groups excluding carboxylic acids is 1. The summed E-state index contributed by atoms with van der Waals surface area (Å²) in [6.45, 7) is 7.38. The Labute approximate surface area is 78.6 Å². The number of hydrazine groups is 1. The molecule has 0 unspecified atom stereocenters. The summed E-state index contributed by atoms with van der Waals surface area (Å²) in [5.41, 5.74) is 0.276. The average Bonchev–Trinajstić information content (AvgIpc) is 2.11. The van der Waals surface area contributed by atoms with Crippen molar-refractivity contribution < 1.29 is 9.53 Å². The highest BCUT2D eigenvalue weighted by molar-refractivity contribution is 5.90. The number of esters is 1. The van der Waals surface area contributed by atoms with Gasteiger partial charge in [-0.2, -0.15) is 0 Å². The van der Waals surface area contributed by atoms with Crippen molar-refractivity contribution in [1.82, 2.24) is 5.01 Å². The van der Waals surface area contributed by atoms with Crippen LogP contribution in [0.15, 0.2) is 24.4 Å². The van der Waals surface area contributed by atoms with Crippen molar-refractivity contribution >= 4 is 5.97 Å². The Morgan fingerprint density at radius 3 is 2.54 bits per heavy atom. The van der Waals surface area contributed by atoms with Gasteiger partial charge in [0.15, 0.2) is 0 Å². The summed E-state index contributed by atoms with van der Waals surface area (Å²) in [5, 5.41) is 1.48. The summed E-state index contributed by atoms with van der Waals surface area (Å²) in [4.78, 5) is 10.9. The Kier molecular flexibility index (Phi) is 4.84. The van der Waals surface area contributed by atoms with Gasteiger partial charge in [0.2, 0.25) is 0 Å². The molecule has 0 aliphatic rings. The van der Waals surface area contributed by atoms with Gasteiger partial charge in [0.25, 0.3) is 0 Å². The molecule has 0 saturated carbocycles. The minimum Gasteiger partial charge on any atom is -0.465 e. The van der Waals surface area contributed by atoms with Gasteiger partial charge in [-0.3, -0.25) is 0 Å². The van der Waals surface area contributed by atoms with Gasteiger partial charge in [-0.25, -0.2) is 10.6 Å². The van der Waals surface area contributed by atoms with E-state index in [1.807, 2.05) is 13.8 Å². The third-order valence-corrected chi connectivity index (χ3v) is 1.49. The van der Waals surface area contributed by atoms with Crippen LogP contribution in [-0.2, 0) is 9.53 Å². The molecule has 0 aliphatic heterocycles. The molecule has 0 aromatic heterocycles. The Hall–Kier alpha value is -1.29. The van der Waals surface area contributed by atoms with Crippen molar-refractivity contribution in [2.24, 2.45) is 5.84 Å². The fourth-order valence-electron chi connectivity index (χ4n) is 0.547. The van der Waals surface area contributed by atoms with Crippen LogP contribution in [-0.4, -0.2) is 24.1 Å². The lowest BCUT2D eigenvalue weighted by Gasteiger charge is -2.17. The monoisotopic (exact) mass is 184 g/mol. The van der Waals surface area contributed by atoms with E-state index in [1.54, 1.807) is 6.20 Å². The molecule has 2 N–H and O–H groups in total. The van der Waals surface area contributed by atoms with Gasteiger partial charge in [0.05, 0.1) is 12.7 Å². The van der Waals surface area contributed by atoms with Crippen LogP contribution in [0, 0.1) is 0 Å². The molecule has 0 aromatic rings. The van der Waals surface area contributed by atoms with Crippen molar-refractivity contribution in [1.29, 1.82) is 0 Å². The van der Waals surface area contributed by atoms with E-state index in [0.29, 0.717) is 0 Å². The zero-order valence-corrected chi connectivity index (χ0v) is 8.28. The molecule has 0 amide bonds. The molecule has 0 bridgehead atoms. The lowest BCUT2D eigenvalue weighted by Crippen LogP contribution is -2.32. The van der Waals surface area contributed by atoms with E-state index in [2.05, 4.69) is 11.3 Å². The molecule has 0 rings (SSSR count). The molecule has 4 nitrogen and oxygen atoms in total. The normalized spacial score (nSPS) is 10.5. The molecule has 0 atom stereocenters. The predicted octanol–water partition coefficient (Wildman–Crippen LogP) is 0.813. The summed E-state index contributed by atoms with van der Waals surface area (Å²) in [6, 6.07) is 0.182. The zero-order chi connectivity index (χ0) is 10.4. The van der Waals surface area contributed by atoms with Crippen molar-refractivity contribution in [3.8, 4) is 0 Å². The van der Waals surface area contributed by atoms with Crippen LogP contribution < -0.4 is 5.84 Å². The number of rotatable bonds is 4. The van der Waals surface area contributed by atoms with E-state index in [-0.39, 0.29) is 11.6 Å². The van der Waals surface area contributed by atoms with Crippen LogP contribution >= 0.6 is 0 Å². The number of hydrogen-bond acceptors (Lipinski definition) is 4. The van der Waals surface area contributed by atoms with Crippen LogP contribution in [0.2, 0.25) is 0 Å². The highest BCUT2D eigenvalue weighted by Crippen LogP contribution is 1.98. The second kappa shape index (κ2) is 5.37. The first-order valence-corrected chi connectivity index (χ1v) is 3.97. The van der Waals surface area contributed by atoms with Gasteiger partial charge >= 0.3 is 5.97 Å². The number of nitrogens with zero attached hydrogens (tertiary/aromatic N) is 1. The number of methoxy groups -OCH3 is 1. The molecule has 0 aromatic carbocycles. The Balaban J connectivity index is 4.12. The molecule has 0 aliphatic carbocycles. The fraction of sp³-hybridized carbons (Fsp3) is 0.444. The molecule has 0 heterocycles. The second-order valence-electron chi connectivity index (χ2n) is 2.87. The maximum Gasteiger partial charge on any atom is 0.337 e. The van der Waals surface area contributed by atoms with E-state index in [1.165, 1.54) is 18.2 Å². The van der Waals surface area contributed by atoms with Crippen molar-refractivity contribution in [3.05, 3.63) is 24.4 Å². The summed E-state index contributed by atoms with van der Waals surface area (Å²) in [6.07, 6.45) is 3.11. The number of carbonyl (C=O) groups is 1. The van der Waals surface area contributed by atoms with Crippen LogP contribution in [0.5, 0.6) is 0 Å². The Bertz CT molecular complexity index is 222. The summed E-state index contributed by atoms with van der Waals surface area (Å²) >= 11 is 0. The maximum absolute atomic E-state index is 10.9. The van der Waals surface area contributed by atoms with Crippen molar-refractivity contribution in [2.45, 2.75) is 19.9 Å². The van der Waals surface area contributed by atoms with Gasteiger partial charge in [-0.15, -0.1) is 0 Å². The topological polar surface area (TPSA) is 55.6 Å². The first-order chi connectivity index (χ1) is 5.99. The SMILES string of the molecule is C=C(/C=C\N(N)C(C)C)C(=O)OC. The third kappa shape index (κ3) is 4.32. The molecular formula is C9H16N2O2. The Morgan fingerprint density at radius 1 is 1.62 bits per heavy atom. The van der Waals surface area contributed by atoms with Crippen LogP contribution in [0.3, 0.4) is 0 Å². The van der Waals surface area contributed by atoms with Gasteiger partial charge in [0, 0.05) is 12.2 Å². The fourth-order valence-corrected chi connectivity index (χ4v) is 0.547. The average molecular weight is 184 g/mol. The van der Waals surface area contributed by atoms with Crippen LogP contribution in [0.4, 0.5) is 0 Å². The van der Waals surface area contributed by atoms with Crippen LogP contribution in [0.25, 0.3) is 0 Å². The molecule has 0 spiro atoms. The number of ether oxygens (including phenoxy) is 1. The first kappa shape index (κ1) is 11.7. The van der Waals surface area contributed by atoms with Gasteiger partial charge < -0.3 is 9.75 Å².